The summed E-state index contributed by atoms with van der Waals surface area (Å²) < 4.78 is 0. The monoisotopic (exact) mass is 474 g/mol. The van der Waals surface area contributed by atoms with Crippen LogP contribution in [0.3, 0.4) is 0 Å². The Hall–Kier alpha value is -2.50. The van der Waals surface area contributed by atoms with Crippen LogP contribution in [0.15, 0.2) is 91.0 Å². The Morgan fingerprint density at radius 2 is 0.857 bits per heavy atom. The molecule has 0 bridgehead atoms. The Morgan fingerprint density at radius 1 is 0.514 bits per heavy atom. The van der Waals surface area contributed by atoms with E-state index in [1.807, 2.05) is 0 Å². The molecular formula is C31H46N4. The predicted molar refractivity (Wildman–Crippen MR) is 152 cm³/mol. The van der Waals surface area contributed by atoms with E-state index in [0.717, 1.165) is 52.4 Å². The third kappa shape index (κ3) is 8.29. The molecule has 0 unspecified atom stereocenters. The van der Waals surface area contributed by atoms with Gasteiger partial charge >= 0.3 is 0 Å². The molecule has 0 saturated carbocycles. The quantitative estimate of drug-likeness (QED) is 0.224. The van der Waals surface area contributed by atoms with Crippen LogP contribution in [0.5, 0.6) is 0 Å². The van der Waals surface area contributed by atoms with Gasteiger partial charge in [0.15, 0.2) is 0 Å². The van der Waals surface area contributed by atoms with E-state index in [4.69, 9.17) is 0 Å². The van der Waals surface area contributed by atoms with Gasteiger partial charge in [-0.05, 0) is 42.9 Å². The summed E-state index contributed by atoms with van der Waals surface area (Å²) in [5, 5.41) is 9.94. The van der Waals surface area contributed by atoms with Crippen LogP contribution < -0.4 is 16.0 Å². The molecular weight excluding hydrogens is 428 g/mol. The molecule has 3 aromatic carbocycles. The molecule has 0 aliphatic carbocycles. The van der Waals surface area contributed by atoms with Crippen molar-refractivity contribution >= 4 is 0 Å². The lowest BCUT2D eigenvalue weighted by molar-refractivity contribution is 0.166. The van der Waals surface area contributed by atoms with E-state index in [2.05, 4.69) is 140 Å². The highest BCUT2D eigenvalue weighted by Gasteiger charge is 2.40. The second kappa shape index (κ2) is 17.0. The highest BCUT2D eigenvalue weighted by atomic mass is 15.2. The maximum Gasteiger partial charge on any atom is 0.0973 e. The Labute approximate surface area is 214 Å². The van der Waals surface area contributed by atoms with E-state index in [1.54, 1.807) is 0 Å². The Morgan fingerprint density at radius 3 is 1.17 bits per heavy atom. The van der Waals surface area contributed by atoms with Crippen LogP contribution in [0.2, 0.25) is 0 Å². The van der Waals surface area contributed by atoms with Crippen LogP contribution >= 0.6 is 0 Å². The van der Waals surface area contributed by atoms with Gasteiger partial charge in [0, 0.05) is 26.2 Å². The molecule has 3 N–H and O–H groups in total. The zero-order chi connectivity index (χ0) is 25.2. The number of nitrogens with one attached hydrogen (secondary N) is 3. The van der Waals surface area contributed by atoms with Gasteiger partial charge in [-0.15, -0.1) is 0 Å². The SMILES string of the molecule is CCNCCN(CC)C(c1ccccc1)(c1ccccc1)c1ccccc1.CCNCCNCC. The molecule has 0 fully saturated rings. The van der Waals surface area contributed by atoms with Gasteiger partial charge in [-0.3, -0.25) is 4.90 Å². The summed E-state index contributed by atoms with van der Waals surface area (Å²) in [6.45, 7) is 16.9. The minimum absolute atomic E-state index is 0.312. The smallest absolute Gasteiger partial charge is 0.0973 e. The van der Waals surface area contributed by atoms with Gasteiger partial charge in [0.1, 0.15) is 0 Å². The first-order valence-electron chi connectivity index (χ1n) is 13.3. The number of nitrogens with zero attached hydrogens (tertiary/aromatic N) is 1. The lowest BCUT2D eigenvalue weighted by atomic mass is 9.75. The summed E-state index contributed by atoms with van der Waals surface area (Å²) in [5.74, 6) is 0. The minimum atomic E-state index is -0.312. The van der Waals surface area contributed by atoms with Crippen LogP contribution in [-0.4, -0.2) is 57.3 Å². The van der Waals surface area contributed by atoms with Gasteiger partial charge in [-0.2, -0.15) is 0 Å². The Bertz CT molecular complexity index is 781. The first kappa shape index (κ1) is 28.7. The third-order valence-corrected chi connectivity index (χ3v) is 6.22. The molecule has 0 aliphatic heterocycles. The van der Waals surface area contributed by atoms with Gasteiger partial charge in [-0.1, -0.05) is 119 Å². The van der Waals surface area contributed by atoms with Crippen molar-refractivity contribution in [1.29, 1.82) is 0 Å². The normalized spacial score (nSPS) is 11.2. The molecule has 0 atom stereocenters. The van der Waals surface area contributed by atoms with Crippen molar-refractivity contribution in [3.05, 3.63) is 108 Å². The molecule has 4 heteroatoms. The zero-order valence-electron chi connectivity index (χ0n) is 22.3. The first-order chi connectivity index (χ1) is 17.2. The van der Waals surface area contributed by atoms with Crippen molar-refractivity contribution < 1.29 is 0 Å². The summed E-state index contributed by atoms with van der Waals surface area (Å²) in [7, 11) is 0. The summed E-state index contributed by atoms with van der Waals surface area (Å²) in [4.78, 5) is 2.59. The van der Waals surface area contributed by atoms with Gasteiger partial charge in [-0.25, -0.2) is 0 Å². The molecule has 190 valence electrons. The summed E-state index contributed by atoms with van der Waals surface area (Å²) in [6.07, 6.45) is 0. The van der Waals surface area contributed by atoms with E-state index in [1.165, 1.54) is 16.7 Å². The fourth-order valence-corrected chi connectivity index (χ4v) is 4.57. The average Bonchev–Trinajstić information content (AvgIpc) is 2.93. The Balaban J connectivity index is 0.000000466. The van der Waals surface area contributed by atoms with E-state index in [0.29, 0.717) is 0 Å². The number of likely N-dealkylation sites (N-methyl/N-ethyl adjacent to an activating group) is 4. The standard InChI is InChI=1S/C25H30N2.C6H16N2/c1-3-26-20-21-27(4-2)25(22-14-8-5-9-15-22,23-16-10-6-11-17-23)24-18-12-7-13-19-24;1-3-7-5-6-8-4-2/h5-19,26H,3-4,20-21H2,1-2H3;7-8H,3-6H2,1-2H3. The van der Waals surface area contributed by atoms with Crippen LogP contribution in [0.4, 0.5) is 0 Å². The van der Waals surface area contributed by atoms with Crippen LogP contribution in [0.1, 0.15) is 44.4 Å². The minimum Gasteiger partial charge on any atom is -0.316 e. The second-order valence-electron chi connectivity index (χ2n) is 8.45. The summed E-state index contributed by atoms with van der Waals surface area (Å²) >= 11 is 0. The fraction of sp³-hybridized carbons (Fsp3) is 0.419. The number of benzene rings is 3. The van der Waals surface area contributed by atoms with E-state index >= 15 is 0 Å². The van der Waals surface area contributed by atoms with Crippen LogP contribution in [0.25, 0.3) is 0 Å². The lowest BCUT2D eigenvalue weighted by Gasteiger charge is -2.45. The van der Waals surface area contributed by atoms with Crippen molar-refractivity contribution in [3.8, 4) is 0 Å². The van der Waals surface area contributed by atoms with Gasteiger partial charge in [0.2, 0.25) is 0 Å². The van der Waals surface area contributed by atoms with Crippen molar-refractivity contribution in [2.45, 2.75) is 33.2 Å². The Kier molecular flexibility index (Phi) is 14.0. The lowest BCUT2D eigenvalue weighted by Crippen LogP contribution is -2.50. The van der Waals surface area contributed by atoms with Crippen LogP contribution in [0, 0.1) is 0 Å². The zero-order valence-corrected chi connectivity index (χ0v) is 22.3. The molecule has 0 heterocycles. The first-order valence-corrected chi connectivity index (χ1v) is 13.3. The van der Waals surface area contributed by atoms with Crippen LogP contribution in [-0.2, 0) is 5.54 Å². The summed E-state index contributed by atoms with van der Waals surface area (Å²) in [6, 6.07) is 32.7. The highest BCUT2D eigenvalue weighted by molar-refractivity contribution is 5.49. The molecule has 0 radical (unpaired) electrons. The molecule has 0 aromatic heterocycles. The fourth-order valence-electron chi connectivity index (χ4n) is 4.57. The van der Waals surface area contributed by atoms with E-state index in [-0.39, 0.29) is 5.54 Å². The third-order valence-electron chi connectivity index (χ3n) is 6.22. The number of hydrogen-bond donors (Lipinski definition) is 3. The molecule has 35 heavy (non-hydrogen) atoms. The highest BCUT2D eigenvalue weighted by Crippen LogP contribution is 2.42. The van der Waals surface area contributed by atoms with E-state index in [9.17, 15) is 0 Å². The molecule has 0 amide bonds. The summed E-state index contributed by atoms with van der Waals surface area (Å²) in [5.41, 5.74) is 3.61. The van der Waals surface area contributed by atoms with Gasteiger partial charge in [0.25, 0.3) is 0 Å². The number of rotatable bonds is 14. The largest absolute Gasteiger partial charge is 0.316 e. The molecule has 3 aromatic rings. The van der Waals surface area contributed by atoms with Gasteiger partial charge in [0.05, 0.1) is 5.54 Å². The molecule has 3 rings (SSSR count). The molecule has 0 spiro atoms. The van der Waals surface area contributed by atoms with Gasteiger partial charge < -0.3 is 16.0 Å². The van der Waals surface area contributed by atoms with Crippen molar-refractivity contribution in [3.63, 3.8) is 0 Å². The van der Waals surface area contributed by atoms with Crippen molar-refractivity contribution in [2.75, 3.05) is 52.4 Å². The van der Waals surface area contributed by atoms with Crippen molar-refractivity contribution in [1.82, 2.24) is 20.9 Å². The molecule has 4 nitrogen and oxygen atoms in total. The molecule has 0 aliphatic rings. The average molecular weight is 475 g/mol. The number of hydrogen-bond acceptors (Lipinski definition) is 4. The maximum absolute atomic E-state index is 3.50. The van der Waals surface area contributed by atoms with E-state index < -0.39 is 0 Å². The second-order valence-corrected chi connectivity index (χ2v) is 8.45. The predicted octanol–water partition coefficient (Wildman–Crippen LogP) is 5.12. The molecule has 0 saturated heterocycles. The topological polar surface area (TPSA) is 39.3 Å². The van der Waals surface area contributed by atoms with Crippen molar-refractivity contribution in [2.24, 2.45) is 0 Å². The maximum atomic E-state index is 3.50.